The first-order chi connectivity index (χ1) is 18.7. The smallest absolute Gasteiger partial charge is 0.251 e. The summed E-state index contributed by atoms with van der Waals surface area (Å²) in [5.74, 6) is -0.690. The van der Waals surface area contributed by atoms with E-state index >= 15 is 0 Å². The summed E-state index contributed by atoms with van der Waals surface area (Å²) in [7, 11) is 3.96. The number of rotatable bonds is 9. The van der Waals surface area contributed by atoms with Crippen LogP contribution in [0.25, 0.3) is 17.0 Å². The van der Waals surface area contributed by atoms with Crippen LogP contribution in [0.2, 0.25) is 0 Å². The maximum Gasteiger partial charge on any atom is 0.251 e. The number of pyridine rings is 1. The van der Waals surface area contributed by atoms with E-state index in [0.717, 1.165) is 28.6 Å². The molecule has 5 nitrogen and oxygen atoms in total. The monoisotopic (exact) mass is 525 g/mol. The molecule has 0 radical (unpaired) electrons. The van der Waals surface area contributed by atoms with Crippen molar-refractivity contribution in [2.45, 2.75) is 13.5 Å². The molecular weight excluding hydrogens is 496 g/mol. The van der Waals surface area contributed by atoms with Crippen LogP contribution in [0.3, 0.4) is 0 Å². The average Bonchev–Trinajstić information content (AvgIpc) is 2.91. The van der Waals surface area contributed by atoms with Gasteiger partial charge in [0.1, 0.15) is 23.1 Å². The molecule has 3 aromatic carbocycles. The maximum absolute atomic E-state index is 13.5. The number of hydrogen-bond acceptors (Lipinski definition) is 4. The van der Waals surface area contributed by atoms with Crippen LogP contribution >= 0.6 is 0 Å². The molecule has 1 N–H and O–H groups in total. The zero-order valence-corrected chi connectivity index (χ0v) is 22.0. The van der Waals surface area contributed by atoms with Gasteiger partial charge in [-0.3, -0.25) is 9.78 Å². The van der Waals surface area contributed by atoms with Crippen LogP contribution in [0, 0.1) is 18.6 Å². The van der Waals surface area contributed by atoms with E-state index < -0.39 is 11.6 Å². The van der Waals surface area contributed by atoms with Crippen molar-refractivity contribution in [3.05, 3.63) is 132 Å². The molecule has 0 aliphatic rings. The molecule has 7 heteroatoms. The zero-order valence-electron chi connectivity index (χ0n) is 22.0. The molecule has 0 saturated heterocycles. The standard InChI is InChI=1S/C32H29F2N3O2/c1-5-8-30(37(3)4)24-10-6-9-23(17-24)29-19-27(13-14-35-29)39-31-12-7-11-28(21(31)2)32(38)36-20-22-15-25(33)18-26(34)16-22/h5-19H,1,20H2,2-4H3,(H,36,38)/b30-8-. The van der Waals surface area contributed by atoms with Crippen LogP contribution in [0.4, 0.5) is 8.78 Å². The lowest BCUT2D eigenvalue weighted by Gasteiger charge is -2.18. The van der Waals surface area contributed by atoms with Gasteiger partial charge in [-0.15, -0.1) is 0 Å². The minimum atomic E-state index is -0.694. The highest BCUT2D eigenvalue weighted by Gasteiger charge is 2.14. The van der Waals surface area contributed by atoms with Crippen molar-refractivity contribution < 1.29 is 18.3 Å². The van der Waals surface area contributed by atoms with Gasteiger partial charge in [0.2, 0.25) is 0 Å². The summed E-state index contributed by atoms with van der Waals surface area (Å²) >= 11 is 0. The molecule has 198 valence electrons. The molecule has 1 heterocycles. The highest BCUT2D eigenvalue weighted by molar-refractivity contribution is 5.96. The summed E-state index contributed by atoms with van der Waals surface area (Å²) in [5.41, 5.74) is 5.07. The number of hydrogen-bond donors (Lipinski definition) is 1. The van der Waals surface area contributed by atoms with Gasteiger partial charge in [-0.1, -0.05) is 36.9 Å². The molecule has 4 rings (SSSR count). The highest BCUT2D eigenvalue weighted by atomic mass is 19.1. The van der Waals surface area contributed by atoms with E-state index in [-0.39, 0.29) is 12.5 Å². The molecule has 0 fully saturated rings. The Morgan fingerprint density at radius 2 is 1.77 bits per heavy atom. The lowest BCUT2D eigenvalue weighted by molar-refractivity contribution is 0.0949. The van der Waals surface area contributed by atoms with Crippen LogP contribution in [-0.4, -0.2) is 29.9 Å². The third kappa shape index (κ3) is 6.76. The first-order valence-electron chi connectivity index (χ1n) is 12.3. The lowest BCUT2D eigenvalue weighted by atomic mass is 10.0. The Bertz CT molecular complexity index is 1530. The Kier molecular flexibility index (Phi) is 8.51. The number of nitrogens with one attached hydrogen (secondary N) is 1. The normalized spacial score (nSPS) is 11.2. The van der Waals surface area contributed by atoms with Crippen LogP contribution < -0.4 is 10.1 Å². The molecule has 1 amide bonds. The molecule has 4 aromatic rings. The number of carbonyl (C=O) groups excluding carboxylic acids is 1. The van der Waals surface area contributed by atoms with E-state index in [2.05, 4.69) is 22.9 Å². The van der Waals surface area contributed by atoms with Gasteiger partial charge in [0.05, 0.1) is 5.69 Å². The molecule has 0 aliphatic heterocycles. The Morgan fingerprint density at radius 1 is 1.03 bits per heavy atom. The molecular formula is C32H29F2N3O2. The minimum Gasteiger partial charge on any atom is -0.457 e. The Hall–Kier alpha value is -4.78. The van der Waals surface area contributed by atoms with Gasteiger partial charge >= 0.3 is 0 Å². The SMILES string of the molecule is C=C/C=C(/c1cccc(-c2cc(Oc3cccc(C(=O)NCc4cc(F)cc(F)c4)c3C)ccn2)c1)N(C)C. The molecule has 0 unspecified atom stereocenters. The molecule has 0 aliphatic carbocycles. The number of carbonyl (C=O) groups is 1. The van der Waals surface area contributed by atoms with Crippen molar-refractivity contribution in [2.24, 2.45) is 0 Å². The fraction of sp³-hybridized carbons (Fsp3) is 0.125. The van der Waals surface area contributed by atoms with E-state index in [0.29, 0.717) is 28.2 Å². The largest absolute Gasteiger partial charge is 0.457 e. The summed E-state index contributed by atoms with van der Waals surface area (Å²) in [5, 5.41) is 2.71. The van der Waals surface area contributed by atoms with Gasteiger partial charge in [-0.2, -0.15) is 0 Å². The minimum absolute atomic E-state index is 0.0116. The summed E-state index contributed by atoms with van der Waals surface area (Å²) in [4.78, 5) is 19.4. The highest BCUT2D eigenvalue weighted by Crippen LogP contribution is 2.30. The van der Waals surface area contributed by atoms with Crippen molar-refractivity contribution >= 4 is 11.6 Å². The maximum atomic E-state index is 13.5. The van der Waals surface area contributed by atoms with Gasteiger partial charge < -0.3 is 15.0 Å². The van der Waals surface area contributed by atoms with Crippen molar-refractivity contribution in [1.29, 1.82) is 0 Å². The van der Waals surface area contributed by atoms with E-state index in [1.54, 1.807) is 43.5 Å². The number of halogens is 2. The van der Waals surface area contributed by atoms with E-state index in [4.69, 9.17) is 4.74 Å². The fourth-order valence-corrected chi connectivity index (χ4v) is 4.17. The topological polar surface area (TPSA) is 54.5 Å². The van der Waals surface area contributed by atoms with Crippen LogP contribution in [0.1, 0.15) is 27.0 Å². The van der Waals surface area contributed by atoms with Crippen LogP contribution in [0.15, 0.2) is 97.7 Å². The Balaban J connectivity index is 1.53. The number of aromatic nitrogens is 1. The number of amides is 1. The van der Waals surface area contributed by atoms with E-state index in [1.807, 2.05) is 49.3 Å². The lowest BCUT2D eigenvalue weighted by Crippen LogP contribution is -2.23. The quantitative estimate of drug-likeness (QED) is 0.236. The second kappa shape index (κ2) is 12.2. The van der Waals surface area contributed by atoms with Gasteiger partial charge in [-0.05, 0) is 60.5 Å². The second-order valence-electron chi connectivity index (χ2n) is 9.13. The summed E-state index contributed by atoms with van der Waals surface area (Å²) in [6.07, 6.45) is 5.38. The first kappa shape index (κ1) is 27.3. The summed E-state index contributed by atoms with van der Waals surface area (Å²) < 4.78 is 33.1. The molecule has 0 saturated carbocycles. The van der Waals surface area contributed by atoms with Gasteiger partial charge in [0, 0.05) is 61.4 Å². The van der Waals surface area contributed by atoms with E-state index in [1.165, 1.54) is 12.1 Å². The van der Waals surface area contributed by atoms with Crippen molar-refractivity contribution in [1.82, 2.24) is 15.2 Å². The third-order valence-electron chi connectivity index (χ3n) is 6.07. The molecule has 0 bridgehead atoms. The van der Waals surface area contributed by atoms with Gasteiger partial charge in [-0.25, -0.2) is 8.78 Å². The number of benzene rings is 3. The van der Waals surface area contributed by atoms with Crippen molar-refractivity contribution in [3.8, 4) is 22.8 Å². The number of nitrogens with zero attached hydrogens (tertiary/aromatic N) is 2. The predicted octanol–water partition coefficient (Wildman–Crippen LogP) is 7.15. The number of ether oxygens (including phenoxy) is 1. The van der Waals surface area contributed by atoms with Crippen molar-refractivity contribution in [3.63, 3.8) is 0 Å². The van der Waals surface area contributed by atoms with Crippen LogP contribution in [0.5, 0.6) is 11.5 Å². The Labute approximate surface area is 227 Å². The first-order valence-corrected chi connectivity index (χ1v) is 12.3. The van der Waals surface area contributed by atoms with Crippen molar-refractivity contribution in [2.75, 3.05) is 14.1 Å². The predicted molar refractivity (Wildman–Crippen MR) is 150 cm³/mol. The van der Waals surface area contributed by atoms with Crippen LogP contribution in [-0.2, 0) is 6.54 Å². The average molecular weight is 526 g/mol. The Morgan fingerprint density at radius 3 is 2.49 bits per heavy atom. The van der Waals surface area contributed by atoms with E-state index in [9.17, 15) is 13.6 Å². The molecule has 0 spiro atoms. The summed E-state index contributed by atoms with van der Waals surface area (Å²) in [6, 6.07) is 20.0. The molecule has 39 heavy (non-hydrogen) atoms. The second-order valence-corrected chi connectivity index (χ2v) is 9.13. The zero-order chi connectivity index (χ0) is 27.9. The van der Waals surface area contributed by atoms with Gasteiger partial charge in [0.15, 0.2) is 0 Å². The third-order valence-corrected chi connectivity index (χ3v) is 6.07. The molecule has 1 aromatic heterocycles. The summed E-state index contributed by atoms with van der Waals surface area (Å²) in [6.45, 7) is 5.58. The number of allylic oxidation sites excluding steroid dienone is 2. The molecule has 0 atom stereocenters. The van der Waals surface area contributed by atoms with Gasteiger partial charge in [0.25, 0.3) is 5.91 Å². The fourth-order valence-electron chi connectivity index (χ4n) is 4.17.